The van der Waals surface area contributed by atoms with E-state index in [-0.39, 0.29) is 24.6 Å². The van der Waals surface area contributed by atoms with Crippen LogP contribution in [0.4, 0.5) is 13.6 Å². The second-order valence-electron chi connectivity index (χ2n) is 5.31. The molecule has 1 unspecified atom stereocenters. The molecule has 0 spiro atoms. The SMILES string of the molecule is COC(OC)c1c(F)cc(C(OC)C2CN(C(=O)O)C2)cc1F. The lowest BCUT2D eigenvalue weighted by Crippen LogP contribution is -2.51. The molecule has 0 saturated carbocycles. The van der Waals surface area contributed by atoms with Crippen LogP contribution in [-0.2, 0) is 14.2 Å². The molecule has 8 heteroatoms. The Morgan fingerprint density at radius 3 is 2.09 bits per heavy atom. The standard InChI is InChI=1S/C15H19F2NO5/c1-21-13(9-6-18(7-9)15(19)20)8-4-10(16)12(11(17)5-8)14(22-2)23-3/h4-5,9,13-14H,6-7H2,1-3H3,(H,19,20). The summed E-state index contributed by atoms with van der Waals surface area (Å²) in [5.74, 6) is -1.75. The van der Waals surface area contributed by atoms with Crippen LogP contribution in [0.2, 0.25) is 0 Å². The van der Waals surface area contributed by atoms with Gasteiger partial charge in [-0.15, -0.1) is 0 Å². The molecule has 0 bridgehead atoms. The smallest absolute Gasteiger partial charge is 0.407 e. The summed E-state index contributed by atoms with van der Waals surface area (Å²) in [7, 11) is 3.99. The molecular formula is C15H19F2NO5. The van der Waals surface area contributed by atoms with Crippen LogP contribution < -0.4 is 0 Å². The number of halogens is 2. The average molecular weight is 331 g/mol. The number of carboxylic acid groups (broad SMARTS) is 1. The minimum atomic E-state index is -1.14. The van der Waals surface area contributed by atoms with E-state index in [0.29, 0.717) is 5.56 Å². The Balaban J connectivity index is 2.24. The quantitative estimate of drug-likeness (QED) is 0.812. The maximum Gasteiger partial charge on any atom is 0.407 e. The number of amides is 1. The maximum absolute atomic E-state index is 14.3. The van der Waals surface area contributed by atoms with Crippen molar-refractivity contribution in [3.05, 3.63) is 34.9 Å². The van der Waals surface area contributed by atoms with Gasteiger partial charge in [-0.2, -0.15) is 0 Å². The summed E-state index contributed by atoms with van der Waals surface area (Å²) in [6, 6.07) is 2.34. The zero-order valence-corrected chi connectivity index (χ0v) is 13.1. The molecule has 2 rings (SSSR count). The first-order valence-electron chi connectivity index (χ1n) is 6.98. The third-order valence-electron chi connectivity index (χ3n) is 3.96. The van der Waals surface area contributed by atoms with Crippen molar-refractivity contribution in [2.45, 2.75) is 12.4 Å². The summed E-state index contributed by atoms with van der Waals surface area (Å²) < 4.78 is 43.6. The Bertz CT molecular complexity index is 550. The maximum atomic E-state index is 14.3. The molecule has 1 N–H and O–H groups in total. The molecule has 1 aliphatic rings. The van der Waals surface area contributed by atoms with E-state index in [1.54, 1.807) is 0 Å². The van der Waals surface area contributed by atoms with Crippen molar-refractivity contribution in [3.8, 4) is 0 Å². The number of hydrogen-bond acceptors (Lipinski definition) is 4. The summed E-state index contributed by atoms with van der Waals surface area (Å²) in [5, 5.41) is 8.85. The minimum absolute atomic E-state index is 0.151. The fourth-order valence-corrected chi connectivity index (χ4v) is 2.79. The molecule has 23 heavy (non-hydrogen) atoms. The number of likely N-dealkylation sites (tertiary alicyclic amines) is 1. The highest BCUT2D eigenvalue weighted by Gasteiger charge is 2.38. The zero-order valence-electron chi connectivity index (χ0n) is 13.1. The van der Waals surface area contributed by atoms with Crippen LogP contribution in [-0.4, -0.2) is 50.5 Å². The minimum Gasteiger partial charge on any atom is -0.465 e. The molecular weight excluding hydrogens is 312 g/mol. The van der Waals surface area contributed by atoms with Gasteiger partial charge in [-0.05, 0) is 17.7 Å². The van der Waals surface area contributed by atoms with Gasteiger partial charge in [0.2, 0.25) is 0 Å². The van der Waals surface area contributed by atoms with E-state index in [1.165, 1.54) is 38.4 Å². The molecule has 0 radical (unpaired) electrons. The number of hydrogen-bond donors (Lipinski definition) is 1. The lowest BCUT2D eigenvalue weighted by atomic mass is 9.88. The van der Waals surface area contributed by atoms with Gasteiger partial charge in [0.1, 0.15) is 11.6 Å². The molecule has 1 atom stereocenters. The summed E-state index contributed by atoms with van der Waals surface area (Å²) in [6.45, 7) is 0.523. The first-order chi connectivity index (χ1) is 10.9. The molecule has 6 nitrogen and oxygen atoms in total. The Morgan fingerprint density at radius 1 is 1.17 bits per heavy atom. The van der Waals surface area contributed by atoms with E-state index >= 15 is 0 Å². The zero-order chi connectivity index (χ0) is 17.1. The van der Waals surface area contributed by atoms with E-state index in [1.807, 2.05) is 0 Å². The average Bonchev–Trinajstić information content (AvgIpc) is 2.45. The summed E-state index contributed by atoms with van der Waals surface area (Å²) in [5.41, 5.74) is 0.00150. The number of rotatable bonds is 6. The van der Waals surface area contributed by atoms with Gasteiger partial charge in [0.15, 0.2) is 6.29 Å². The Hall–Kier alpha value is -1.77. The molecule has 1 aromatic rings. The van der Waals surface area contributed by atoms with Crippen molar-refractivity contribution < 1.29 is 32.9 Å². The van der Waals surface area contributed by atoms with Gasteiger partial charge in [0, 0.05) is 40.3 Å². The normalized spacial score (nSPS) is 16.5. The number of methoxy groups -OCH3 is 3. The lowest BCUT2D eigenvalue weighted by Gasteiger charge is -2.41. The molecule has 128 valence electrons. The van der Waals surface area contributed by atoms with Crippen molar-refractivity contribution in [1.29, 1.82) is 0 Å². The topological polar surface area (TPSA) is 68.2 Å². The van der Waals surface area contributed by atoms with Gasteiger partial charge in [-0.25, -0.2) is 13.6 Å². The van der Waals surface area contributed by atoms with Crippen molar-refractivity contribution in [1.82, 2.24) is 4.90 Å². The van der Waals surface area contributed by atoms with Crippen molar-refractivity contribution in [3.63, 3.8) is 0 Å². The van der Waals surface area contributed by atoms with Crippen molar-refractivity contribution in [2.75, 3.05) is 34.4 Å². The van der Waals surface area contributed by atoms with Crippen LogP contribution in [0.1, 0.15) is 23.5 Å². The van der Waals surface area contributed by atoms with Crippen LogP contribution in [0.5, 0.6) is 0 Å². The second-order valence-corrected chi connectivity index (χ2v) is 5.31. The van der Waals surface area contributed by atoms with Crippen LogP contribution in [0.25, 0.3) is 0 Å². The fraction of sp³-hybridized carbons (Fsp3) is 0.533. The van der Waals surface area contributed by atoms with Crippen LogP contribution >= 0.6 is 0 Å². The predicted molar refractivity (Wildman–Crippen MR) is 76.0 cm³/mol. The molecule has 0 aliphatic carbocycles. The molecule has 1 saturated heterocycles. The molecule has 1 fully saturated rings. The number of carbonyl (C=O) groups is 1. The molecule has 1 heterocycles. The van der Waals surface area contributed by atoms with Crippen molar-refractivity contribution in [2.24, 2.45) is 5.92 Å². The second kappa shape index (κ2) is 7.20. The van der Waals surface area contributed by atoms with Gasteiger partial charge in [0.25, 0.3) is 0 Å². The first kappa shape index (κ1) is 17.6. The third kappa shape index (κ3) is 3.44. The van der Waals surface area contributed by atoms with E-state index in [2.05, 4.69) is 0 Å². The molecule has 1 amide bonds. The van der Waals surface area contributed by atoms with Crippen LogP contribution in [0.15, 0.2) is 12.1 Å². The Kier molecular flexibility index (Phi) is 5.51. The Morgan fingerprint density at radius 2 is 1.70 bits per heavy atom. The van der Waals surface area contributed by atoms with E-state index in [0.717, 1.165) is 0 Å². The van der Waals surface area contributed by atoms with E-state index in [9.17, 15) is 13.6 Å². The molecule has 1 aromatic carbocycles. The van der Waals surface area contributed by atoms with Crippen molar-refractivity contribution >= 4 is 6.09 Å². The predicted octanol–water partition coefficient (Wildman–Crippen LogP) is 2.55. The summed E-state index contributed by atoms with van der Waals surface area (Å²) >= 11 is 0. The summed E-state index contributed by atoms with van der Waals surface area (Å²) in [6.07, 6.45) is -2.75. The lowest BCUT2D eigenvalue weighted by molar-refractivity contribution is -0.109. The van der Waals surface area contributed by atoms with E-state index in [4.69, 9.17) is 19.3 Å². The highest BCUT2D eigenvalue weighted by Crippen LogP contribution is 2.35. The van der Waals surface area contributed by atoms with Gasteiger partial charge in [0.05, 0.1) is 11.7 Å². The highest BCUT2D eigenvalue weighted by atomic mass is 19.1. The third-order valence-corrected chi connectivity index (χ3v) is 3.96. The first-order valence-corrected chi connectivity index (χ1v) is 6.98. The largest absolute Gasteiger partial charge is 0.465 e. The van der Waals surface area contributed by atoms with Crippen LogP contribution in [0, 0.1) is 17.6 Å². The van der Waals surface area contributed by atoms with Gasteiger partial charge >= 0.3 is 6.09 Å². The van der Waals surface area contributed by atoms with Gasteiger partial charge in [-0.1, -0.05) is 0 Å². The monoisotopic (exact) mass is 331 g/mol. The number of nitrogens with zero attached hydrogens (tertiary/aromatic N) is 1. The fourth-order valence-electron chi connectivity index (χ4n) is 2.79. The summed E-state index contributed by atoms with van der Waals surface area (Å²) in [4.78, 5) is 12.0. The number of ether oxygens (including phenoxy) is 3. The Labute approximate surface area is 132 Å². The van der Waals surface area contributed by atoms with Crippen LogP contribution in [0.3, 0.4) is 0 Å². The van der Waals surface area contributed by atoms with Gasteiger partial charge < -0.3 is 24.2 Å². The molecule has 1 aliphatic heterocycles. The highest BCUT2D eigenvalue weighted by molar-refractivity contribution is 5.66. The number of benzene rings is 1. The molecule has 0 aromatic heterocycles. The van der Waals surface area contributed by atoms with E-state index < -0.39 is 30.1 Å². The van der Waals surface area contributed by atoms with Gasteiger partial charge in [-0.3, -0.25) is 0 Å².